The van der Waals surface area contributed by atoms with E-state index in [0.717, 1.165) is 16.7 Å². The molecular formula is C21H27F2N3O2. The molecule has 2 aromatic rings. The molecule has 0 fully saturated rings. The number of hydrogen-bond donors (Lipinski definition) is 2. The molecule has 0 heterocycles. The summed E-state index contributed by atoms with van der Waals surface area (Å²) < 4.78 is 35.3. The van der Waals surface area contributed by atoms with E-state index in [2.05, 4.69) is 20.4 Å². The van der Waals surface area contributed by atoms with Crippen molar-refractivity contribution in [3.63, 3.8) is 0 Å². The van der Waals surface area contributed by atoms with E-state index in [-0.39, 0.29) is 5.75 Å². The molecule has 0 saturated carbocycles. The average Bonchev–Trinajstić information content (AvgIpc) is 2.68. The first-order valence-corrected chi connectivity index (χ1v) is 9.16. The van der Waals surface area contributed by atoms with Crippen LogP contribution in [0.3, 0.4) is 0 Å². The number of aliphatic imine (C=N–C) groups is 1. The fraction of sp³-hybridized carbons (Fsp3) is 0.381. The maximum absolute atomic E-state index is 12.6. The molecule has 5 nitrogen and oxygen atoms in total. The van der Waals surface area contributed by atoms with E-state index in [1.54, 1.807) is 19.2 Å². The van der Waals surface area contributed by atoms with Crippen molar-refractivity contribution in [3.8, 4) is 5.75 Å². The van der Waals surface area contributed by atoms with Gasteiger partial charge in [-0.25, -0.2) is 0 Å². The summed E-state index contributed by atoms with van der Waals surface area (Å²) in [6, 6.07) is 13.1. The van der Waals surface area contributed by atoms with Gasteiger partial charge in [-0.1, -0.05) is 42.0 Å². The van der Waals surface area contributed by atoms with Gasteiger partial charge in [0, 0.05) is 32.3 Å². The normalized spacial score (nSPS) is 11.6. The van der Waals surface area contributed by atoms with Crippen LogP contribution in [0.4, 0.5) is 8.78 Å². The Morgan fingerprint density at radius 2 is 1.71 bits per heavy atom. The molecule has 0 unspecified atom stereocenters. The molecule has 0 aliphatic carbocycles. The maximum Gasteiger partial charge on any atom is 0.387 e. The second kappa shape index (κ2) is 11.2. The minimum atomic E-state index is -2.86. The number of alkyl halides is 2. The summed E-state index contributed by atoms with van der Waals surface area (Å²) >= 11 is 0. The van der Waals surface area contributed by atoms with E-state index in [4.69, 9.17) is 4.74 Å². The summed E-state index contributed by atoms with van der Waals surface area (Å²) in [7, 11) is 1.66. The fourth-order valence-electron chi connectivity index (χ4n) is 2.72. The van der Waals surface area contributed by atoms with Crippen LogP contribution in [0.5, 0.6) is 5.75 Å². The summed E-state index contributed by atoms with van der Waals surface area (Å²) in [5.41, 5.74) is 3.82. The zero-order valence-electron chi connectivity index (χ0n) is 16.5. The summed E-state index contributed by atoms with van der Waals surface area (Å²) in [4.78, 5) is 4.20. The molecule has 0 saturated heterocycles. The highest BCUT2D eigenvalue weighted by Gasteiger charge is 2.11. The van der Waals surface area contributed by atoms with Gasteiger partial charge in [0.1, 0.15) is 5.75 Å². The van der Waals surface area contributed by atoms with Gasteiger partial charge in [0.25, 0.3) is 0 Å². The fourth-order valence-corrected chi connectivity index (χ4v) is 2.72. The lowest BCUT2D eigenvalue weighted by molar-refractivity contribution is -0.0504. The van der Waals surface area contributed by atoms with Crippen LogP contribution in [0.15, 0.2) is 47.5 Å². The standard InChI is InChI=1S/C21H27F2N3O2/c1-4-27-14-17-8-6-5-7-16(17)12-25-21(24-3)26-13-18-11-15(2)9-10-19(18)28-20(22)23/h5-11,20H,4,12-14H2,1-3H3,(H2,24,25,26). The predicted octanol–water partition coefficient (Wildman–Crippen LogP) is 4.00. The lowest BCUT2D eigenvalue weighted by Gasteiger charge is -2.16. The van der Waals surface area contributed by atoms with Gasteiger partial charge in [-0.2, -0.15) is 8.78 Å². The van der Waals surface area contributed by atoms with E-state index >= 15 is 0 Å². The van der Waals surface area contributed by atoms with Crippen LogP contribution in [0, 0.1) is 6.92 Å². The Hall–Kier alpha value is -2.67. The van der Waals surface area contributed by atoms with E-state index in [1.165, 1.54) is 0 Å². The van der Waals surface area contributed by atoms with Crippen molar-refractivity contribution in [3.05, 3.63) is 64.7 Å². The van der Waals surface area contributed by atoms with Gasteiger partial charge in [-0.15, -0.1) is 0 Å². The SMILES string of the molecule is CCOCc1ccccc1CNC(=NC)NCc1cc(C)ccc1OC(F)F. The Morgan fingerprint density at radius 1 is 1.04 bits per heavy atom. The molecule has 0 spiro atoms. The van der Waals surface area contributed by atoms with Crippen LogP contribution in [0.25, 0.3) is 0 Å². The summed E-state index contributed by atoms with van der Waals surface area (Å²) in [6.45, 7) is 3.09. The van der Waals surface area contributed by atoms with Gasteiger partial charge in [-0.05, 0) is 31.0 Å². The molecular weight excluding hydrogens is 364 g/mol. The van der Waals surface area contributed by atoms with Crippen molar-refractivity contribution in [1.82, 2.24) is 10.6 Å². The molecule has 2 aromatic carbocycles. The van der Waals surface area contributed by atoms with Gasteiger partial charge in [0.05, 0.1) is 6.61 Å². The lowest BCUT2D eigenvalue weighted by Crippen LogP contribution is -2.36. The van der Waals surface area contributed by atoms with Gasteiger partial charge >= 0.3 is 6.61 Å². The lowest BCUT2D eigenvalue weighted by atomic mass is 10.1. The van der Waals surface area contributed by atoms with E-state index in [0.29, 0.717) is 37.8 Å². The van der Waals surface area contributed by atoms with Crippen LogP contribution in [-0.4, -0.2) is 26.2 Å². The first-order valence-electron chi connectivity index (χ1n) is 9.16. The number of ether oxygens (including phenoxy) is 2. The second-order valence-corrected chi connectivity index (χ2v) is 6.17. The molecule has 0 bridgehead atoms. The number of benzene rings is 2. The summed E-state index contributed by atoms with van der Waals surface area (Å²) in [5.74, 6) is 0.723. The van der Waals surface area contributed by atoms with Crippen LogP contribution >= 0.6 is 0 Å². The van der Waals surface area contributed by atoms with Crippen LogP contribution in [-0.2, 0) is 24.4 Å². The van der Waals surface area contributed by atoms with Crippen LogP contribution in [0.1, 0.15) is 29.2 Å². The summed E-state index contributed by atoms with van der Waals surface area (Å²) in [6.07, 6.45) is 0. The third-order valence-corrected chi connectivity index (χ3v) is 4.13. The average molecular weight is 391 g/mol. The molecule has 7 heteroatoms. The van der Waals surface area contributed by atoms with Gasteiger partial charge < -0.3 is 20.1 Å². The Balaban J connectivity index is 1.98. The number of hydrogen-bond acceptors (Lipinski definition) is 3. The number of guanidine groups is 1. The highest BCUT2D eigenvalue weighted by molar-refractivity contribution is 5.79. The second-order valence-electron chi connectivity index (χ2n) is 6.17. The molecule has 0 radical (unpaired) electrons. The first-order chi connectivity index (χ1) is 13.5. The molecule has 0 aliphatic rings. The monoisotopic (exact) mass is 391 g/mol. The first kappa shape index (κ1) is 21.6. The Morgan fingerprint density at radius 3 is 2.36 bits per heavy atom. The Bertz CT molecular complexity index is 782. The highest BCUT2D eigenvalue weighted by Crippen LogP contribution is 2.22. The molecule has 28 heavy (non-hydrogen) atoms. The van der Waals surface area contributed by atoms with Crippen molar-refractivity contribution in [2.45, 2.75) is 40.2 Å². The zero-order valence-corrected chi connectivity index (χ0v) is 16.5. The van der Waals surface area contributed by atoms with Gasteiger partial charge in [0.2, 0.25) is 0 Å². The molecule has 0 aromatic heterocycles. The predicted molar refractivity (Wildman–Crippen MR) is 107 cm³/mol. The third kappa shape index (κ3) is 6.81. The molecule has 0 amide bonds. The Labute approximate surface area is 164 Å². The molecule has 2 N–H and O–H groups in total. The molecule has 2 rings (SSSR count). The largest absolute Gasteiger partial charge is 0.434 e. The number of halogens is 2. The van der Waals surface area contributed by atoms with E-state index in [9.17, 15) is 8.78 Å². The molecule has 0 atom stereocenters. The van der Waals surface area contributed by atoms with Crippen molar-refractivity contribution >= 4 is 5.96 Å². The number of aryl methyl sites for hydroxylation is 1. The number of nitrogens with zero attached hydrogens (tertiary/aromatic N) is 1. The zero-order chi connectivity index (χ0) is 20.4. The van der Waals surface area contributed by atoms with Crippen molar-refractivity contribution in [2.24, 2.45) is 4.99 Å². The van der Waals surface area contributed by atoms with Crippen molar-refractivity contribution < 1.29 is 18.3 Å². The third-order valence-electron chi connectivity index (χ3n) is 4.13. The van der Waals surface area contributed by atoms with E-state index < -0.39 is 6.61 Å². The van der Waals surface area contributed by atoms with Gasteiger partial charge in [-0.3, -0.25) is 4.99 Å². The minimum Gasteiger partial charge on any atom is -0.434 e. The number of nitrogens with one attached hydrogen (secondary N) is 2. The molecule has 152 valence electrons. The van der Waals surface area contributed by atoms with Crippen molar-refractivity contribution in [2.75, 3.05) is 13.7 Å². The smallest absolute Gasteiger partial charge is 0.387 e. The number of rotatable bonds is 9. The van der Waals surface area contributed by atoms with Gasteiger partial charge in [0.15, 0.2) is 5.96 Å². The van der Waals surface area contributed by atoms with E-state index in [1.807, 2.05) is 44.2 Å². The van der Waals surface area contributed by atoms with Crippen molar-refractivity contribution in [1.29, 1.82) is 0 Å². The van der Waals surface area contributed by atoms with Crippen LogP contribution < -0.4 is 15.4 Å². The Kier molecular flexibility index (Phi) is 8.68. The highest BCUT2D eigenvalue weighted by atomic mass is 19.3. The quantitative estimate of drug-likeness (QED) is 0.501. The topological polar surface area (TPSA) is 54.9 Å². The van der Waals surface area contributed by atoms with Crippen LogP contribution in [0.2, 0.25) is 0 Å². The maximum atomic E-state index is 12.6. The minimum absolute atomic E-state index is 0.158. The summed E-state index contributed by atoms with van der Waals surface area (Å²) in [5, 5.41) is 6.38. The molecule has 0 aliphatic heterocycles.